The van der Waals surface area contributed by atoms with Crippen molar-refractivity contribution in [1.82, 2.24) is 0 Å². The van der Waals surface area contributed by atoms with Gasteiger partial charge in [0, 0.05) is 0 Å². The number of rotatable bonds is 3. The second kappa shape index (κ2) is 5.13. The molecule has 0 bridgehead atoms. The van der Waals surface area contributed by atoms with Crippen LogP contribution in [0.3, 0.4) is 0 Å². The van der Waals surface area contributed by atoms with E-state index in [1.807, 2.05) is 0 Å². The van der Waals surface area contributed by atoms with E-state index in [-0.39, 0.29) is 11.1 Å². The topological polar surface area (TPSA) is 83.8 Å². The van der Waals surface area contributed by atoms with E-state index in [9.17, 15) is 19.1 Å². The van der Waals surface area contributed by atoms with E-state index in [1.165, 1.54) is 6.92 Å². The Morgan fingerprint density at radius 3 is 2.53 bits per heavy atom. The summed E-state index contributed by atoms with van der Waals surface area (Å²) in [6, 6.07) is 0.893. The predicted molar refractivity (Wildman–Crippen MR) is 58.4 cm³/mol. The van der Waals surface area contributed by atoms with Gasteiger partial charge >= 0.3 is 5.97 Å². The molecule has 0 fully saturated rings. The molecule has 0 aliphatic carbocycles. The highest BCUT2D eigenvalue weighted by Gasteiger charge is 2.26. The standard InChI is InChI=1S/C10H8BrFO5/c1-2-17-10(16)8(14)4-3-5(11)6(12)9(15)7(4)13/h3,13,15H,2H2,1H3. The van der Waals surface area contributed by atoms with Crippen molar-refractivity contribution in [2.24, 2.45) is 0 Å². The van der Waals surface area contributed by atoms with Crippen LogP contribution >= 0.6 is 15.9 Å². The average Bonchev–Trinajstić information content (AvgIpc) is 2.30. The predicted octanol–water partition coefficient (Wildman–Crippen LogP) is 1.75. The third-order valence-electron chi connectivity index (χ3n) is 1.87. The summed E-state index contributed by atoms with van der Waals surface area (Å²) in [6.45, 7) is 1.49. The molecule has 92 valence electrons. The molecule has 7 heteroatoms. The Balaban J connectivity index is 3.24. The molecule has 2 N–H and O–H groups in total. The molecule has 0 atom stereocenters. The fourth-order valence-corrected chi connectivity index (χ4v) is 1.50. The number of ketones is 1. The second-order valence-electron chi connectivity index (χ2n) is 2.97. The lowest BCUT2D eigenvalue weighted by Gasteiger charge is -2.07. The zero-order chi connectivity index (χ0) is 13.2. The van der Waals surface area contributed by atoms with Crippen LogP contribution in [0.15, 0.2) is 10.5 Å². The number of aromatic hydroxyl groups is 2. The maximum Gasteiger partial charge on any atom is 0.379 e. The summed E-state index contributed by atoms with van der Waals surface area (Å²) in [5.74, 6) is -5.58. The number of Topliss-reactive ketones (excluding diaryl/α,β-unsaturated/α-hetero) is 1. The Bertz CT molecular complexity index is 486. The number of esters is 1. The van der Waals surface area contributed by atoms with Crippen molar-refractivity contribution >= 4 is 27.7 Å². The van der Waals surface area contributed by atoms with E-state index in [2.05, 4.69) is 20.7 Å². The molecule has 1 aromatic rings. The van der Waals surface area contributed by atoms with Gasteiger partial charge < -0.3 is 14.9 Å². The zero-order valence-electron chi connectivity index (χ0n) is 8.66. The van der Waals surface area contributed by atoms with Gasteiger partial charge in [-0.25, -0.2) is 9.18 Å². The molecule has 0 aliphatic heterocycles. The van der Waals surface area contributed by atoms with Crippen LogP contribution in [0.25, 0.3) is 0 Å². The first-order valence-corrected chi connectivity index (χ1v) is 5.30. The van der Waals surface area contributed by atoms with Crippen molar-refractivity contribution in [1.29, 1.82) is 0 Å². The quantitative estimate of drug-likeness (QED) is 0.385. The molecular weight excluding hydrogens is 299 g/mol. The molecule has 0 unspecified atom stereocenters. The molecule has 0 aromatic heterocycles. The Labute approximate surface area is 104 Å². The number of ether oxygens (including phenoxy) is 1. The summed E-state index contributed by atoms with van der Waals surface area (Å²) < 4.78 is 17.3. The van der Waals surface area contributed by atoms with E-state index < -0.39 is 34.6 Å². The van der Waals surface area contributed by atoms with Crippen molar-refractivity contribution in [2.75, 3.05) is 6.61 Å². The number of carbonyl (C=O) groups is 2. The third kappa shape index (κ3) is 2.55. The molecule has 1 aromatic carbocycles. The summed E-state index contributed by atoms with van der Waals surface area (Å²) in [5.41, 5.74) is -0.533. The molecule has 0 saturated carbocycles. The molecule has 1 rings (SSSR count). The second-order valence-corrected chi connectivity index (χ2v) is 3.82. The van der Waals surface area contributed by atoms with E-state index in [0.29, 0.717) is 0 Å². The molecule has 0 saturated heterocycles. The maximum atomic E-state index is 13.1. The summed E-state index contributed by atoms with van der Waals surface area (Å²) >= 11 is 2.74. The highest BCUT2D eigenvalue weighted by Crippen LogP contribution is 2.36. The van der Waals surface area contributed by atoms with Gasteiger partial charge in [-0.2, -0.15) is 0 Å². The Morgan fingerprint density at radius 1 is 1.41 bits per heavy atom. The van der Waals surface area contributed by atoms with E-state index in [4.69, 9.17) is 5.11 Å². The van der Waals surface area contributed by atoms with Crippen LogP contribution in [0.1, 0.15) is 17.3 Å². The third-order valence-corrected chi connectivity index (χ3v) is 2.45. The van der Waals surface area contributed by atoms with Gasteiger partial charge in [0.25, 0.3) is 5.78 Å². The molecule has 0 heterocycles. The van der Waals surface area contributed by atoms with Gasteiger partial charge in [-0.15, -0.1) is 0 Å². The Kier molecular flexibility index (Phi) is 4.06. The number of phenolic OH excluding ortho intramolecular Hbond substituents is 2. The van der Waals surface area contributed by atoms with Gasteiger partial charge in [0.1, 0.15) is 0 Å². The SMILES string of the molecule is CCOC(=O)C(=O)c1cc(Br)c(F)c(O)c1O. The van der Waals surface area contributed by atoms with Crippen molar-refractivity contribution in [2.45, 2.75) is 6.92 Å². The summed E-state index contributed by atoms with van der Waals surface area (Å²) in [4.78, 5) is 22.6. The van der Waals surface area contributed by atoms with Crippen LogP contribution in [-0.2, 0) is 9.53 Å². The van der Waals surface area contributed by atoms with Crippen LogP contribution in [0.4, 0.5) is 4.39 Å². The first-order valence-electron chi connectivity index (χ1n) is 4.51. The molecule has 17 heavy (non-hydrogen) atoms. The van der Waals surface area contributed by atoms with Crippen molar-refractivity contribution in [3.05, 3.63) is 21.9 Å². The fourth-order valence-electron chi connectivity index (χ4n) is 1.08. The lowest BCUT2D eigenvalue weighted by Crippen LogP contribution is -2.17. The fraction of sp³-hybridized carbons (Fsp3) is 0.200. The number of benzene rings is 1. The molecular formula is C10H8BrFO5. The zero-order valence-corrected chi connectivity index (χ0v) is 10.2. The lowest BCUT2D eigenvalue weighted by molar-refractivity contribution is -0.137. The highest BCUT2D eigenvalue weighted by atomic mass is 79.9. The lowest BCUT2D eigenvalue weighted by atomic mass is 10.1. The maximum absolute atomic E-state index is 13.1. The Morgan fingerprint density at radius 2 is 2.00 bits per heavy atom. The number of hydrogen-bond acceptors (Lipinski definition) is 5. The number of phenols is 2. The van der Waals surface area contributed by atoms with Crippen molar-refractivity contribution in [3.8, 4) is 11.5 Å². The first kappa shape index (κ1) is 13.4. The monoisotopic (exact) mass is 306 g/mol. The molecule has 0 spiro atoms. The molecule has 0 amide bonds. The van der Waals surface area contributed by atoms with Gasteiger partial charge in [0.15, 0.2) is 17.3 Å². The number of hydrogen-bond donors (Lipinski definition) is 2. The van der Waals surface area contributed by atoms with E-state index >= 15 is 0 Å². The van der Waals surface area contributed by atoms with Gasteiger partial charge in [-0.1, -0.05) is 0 Å². The summed E-state index contributed by atoms with van der Waals surface area (Å²) in [6.07, 6.45) is 0. The number of halogens is 2. The van der Waals surface area contributed by atoms with Crippen molar-refractivity contribution in [3.63, 3.8) is 0 Å². The van der Waals surface area contributed by atoms with Crippen LogP contribution in [0.5, 0.6) is 11.5 Å². The van der Waals surface area contributed by atoms with E-state index in [0.717, 1.165) is 6.07 Å². The summed E-state index contributed by atoms with van der Waals surface area (Å²) in [7, 11) is 0. The Hall–Kier alpha value is -1.63. The van der Waals surface area contributed by atoms with Crippen LogP contribution in [-0.4, -0.2) is 28.6 Å². The summed E-state index contributed by atoms with van der Waals surface area (Å²) in [5, 5.41) is 18.5. The van der Waals surface area contributed by atoms with Gasteiger partial charge in [-0.3, -0.25) is 4.79 Å². The van der Waals surface area contributed by atoms with Crippen molar-refractivity contribution < 1.29 is 28.9 Å². The van der Waals surface area contributed by atoms with Crippen LogP contribution < -0.4 is 0 Å². The van der Waals surface area contributed by atoms with Gasteiger partial charge in [0.05, 0.1) is 16.6 Å². The van der Waals surface area contributed by atoms with E-state index in [1.54, 1.807) is 0 Å². The average molecular weight is 307 g/mol. The molecule has 0 aliphatic rings. The smallest absolute Gasteiger partial charge is 0.379 e. The minimum absolute atomic E-state index is 0.0142. The van der Waals surface area contributed by atoms with Crippen LogP contribution in [0.2, 0.25) is 0 Å². The minimum Gasteiger partial charge on any atom is -0.504 e. The molecule has 5 nitrogen and oxygen atoms in total. The van der Waals surface area contributed by atoms with Crippen LogP contribution in [0, 0.1) is 5.82 Å². The molecule has 0 radical (unpaired) electrons. The first-order chi connectivity index (χ1) is 7.90. The minimum atomic E-state index is -1.19. The highest BCUT2D eigenvalue weighted by molar-refractivity contribution is 9.10. The number of carbonyl (C=O) groups excluding carboxylic acids is 2. The van der Waals surface area contributed by atoms with Gasteiger partial charge in [-0.05, 0) is 28.9 Å². The normalized spacial score (nSPS) is 10.1. The van der Waals surface area contributed by atoms with Gasteiger partial charge in [0.2, 0.25) is 0 Å². The largest absolute Gasteiger partial charge is 0.504 e.